The van der Waals surface area contributed by atoms with Crippen LogP contribution in [-0.4, -0.2) is 9.55 Å². The van der Waals surface area contributed by atoms with Crippen molar-refractivity contribution in [2.45, 2.75) is 26.3 Å². The Hall–Kier alpha value is -2.36. The van der Waals surface area contributed by atoms with Crippen LogP contribution in [0.3, 0.4) is 0 Å². The molecule has 2 aromatic rings. The maximum absolute atomic E-state index is 12.1. The lowest BCUT2D eigenvalue weighted by Gasteiger charge is -2.13. The van der Waals surface area contributed by atoms with E-state index in [4.69, 9.17) is 0 Å². The summed E-state index contributed by atoms with van der Waals surface area (Å²) in [5.74, 6) is 0. The minimum atomic E-state index is -0.574. The van der Waals surface area contributed by atoms with E-state index >= 15 is 0 Å². The van der Waals surface area contributed by atoms with Gasteiger partial charge in [-0.3, -0.25) is 14.2 Å². The van der Waals surface area contributed by atoms with Gasteiger partial charge in [-0.1, -0.05) is 50.3 Å². The molecule has 20 heavy (non-hydrogen) atoms. The van der Waals surface area contributed by atoms with E-state index in [2.05, 4.69) is 11.6 Å². The maximum atomic E-state index is 12.1. The van der Waals surface area contributed by atoms with E-state index < -0.39 is 11.1 Å². The first-order valence-corrected chi connectivity index (χ1v) is 6.69. The highest BCUT2D eigenvalue weighted by Crippen LogP contribution is 2.09. The van der Waals surface area contributed by atoms with Crippen LogP contribution in [0.5, 0.6) is 0 Å². The predicted octanol–water partition coefficient (Wildman–Crippen LogP) is 2.18. The van der Waals surface area contributed by atoms with Gasteiger partial charge in [-0.2, -0.15) is 0 Å². The molecule has 0 unspecified atom stereocenters. The number of nitrogens with zero attached hydrogens (tertiary/aromatic N) is 1. The van der Waals surface area contributed by atoms with Crippen molar-refractivity contribution in [2.24, 2.45) is 0 Å². The molecular formula is C16H18N2O2. The first-order chi connectivity index (χ1) is 9.67. The van der Waals surface area contributed by atoms with Gasteiger partial charge in [0.2, 0.25) is 0 Å². The van der Waals surface area contributed by atoms with Crippen molar-refractivity contribution in [1.29, 1.82) is 0 Å². The molecular weight excluding hydrogens is 252 g/mol. The minimum absolute atomic E-state index is 0.377. The molecule has 0 bridgehead atoms. The number of benzene rings is 1. The van der Waals surface area contributed by atoms with Gasteiger partial charge in [0.05, 0.1) is 12.2 Å². The van der Waals surface area contributed by atoms with Crippen LogP contribution in [0.1, 0.15) is 30.3 Å². The van der Waals surface area contributed by atoms with Gasteiger partial charge in [0.15, 0.2) is 0 Å². The lowest BCUT2D eigenvalue weighted by atomic mass is 10.1. The van der Waals surface area contributed by atoms with Crippen molar-refractivity contribution >= 4 is 6.08 Å². The molecule has 0 saturated carbocycles. The highest BCUT2D eigenvalue weighted by molar-refractivity contribution is 5.45. The first-order valence-electron chi connectivity index (χ1n) is 6.69. The van der Waals surface area contributed by atoms with E-state index in [0.29, 0.717) is 18.7 Å². The normalized spacial score (nSPS) is 10.4. The minimum Gasteiger partial charge on any atom is -0.319 e. The van der Waals surface area contributed by atoms with E-state index in [-0.39, 0.29) is 0 Å². The third kappa shape index (κ3) is 2.79. The van der Waals surface area contributed by atoms with Gasteiger partial charge in [-0.25, -0.2) is 0 Å². The quantitative estimate of drug-likeness (QED) is 0.847. The van der Waals surface area contributed by atoms with Gasteiger partial charge in [0, 0.05) is 5.69 Å². The molecule has 1 aromatic heterocycles. The van der Waals surface area contributed by atoms with Gasteiger partial charge < -0.3 is 4.98 Å². The van der Waals surface area contributed by atoms with E-state index in [1.807, 2.05) is 37.3 Å². The Labute approximate surface area is 117 Å². The summed E-state index contributed by atoms with van der Waals surface area (Å²) < 4.78 is 1.49. The van der Waals surface area contributed by atoms with Crippen molar-refractivity contribution in [3.8, 4) is 0 Å². The van der Waals surface area contributed by atoms with Crippen molar-refractivity contribution in [2.75, 3.05) is 0 Å². The third-order valence-electron chi connectivity index (χ3n) is 3.18. The zero-order valence-corrected chi connectivity index (χ0v) is 11.6. The molecule has 2 rings (SSSR count). The van der Waals surface area contributed by atoms with E-state index in [0.717, 1.165) is 17.7 Å². The Bertz CT molecular complexity index is 711. The van der Waals surface area contributed by atoms with Crippen LogP contribution in [0.4, 0.5) is 0 Å². The number of nitrogens with one attached hydrogen (secondary N) is 1. The highest BCUT2D eigenvalue weighted by Gasteiger charge is 2.11. The number of hydrogen-bond acceptors (Lipinski definition) is 2. The fourth-order valence-corrected chi connectivity index (χ4v) is 2.25. The fraction of sp³-hybridized carbons (Fsp3) is 0.250. The molecule has 0 aliphatic rings. The predicted molar refractivity (Wildman–Crippen MR) is 81.0 cm³/mol. The lowest BCUT2D eigenvalue weighted by molar-refractivity contribution is 0.702. The second-order valence-corrected chi connectivity index (χ2v) is 4.65. The van der Waals surface area contributed by atoms with Gasteiger partial charge >= 0.3 is 11.1 Å². The number of rotatable bonds is 5. The van der Waals surface area contributed by atoms with Gasteiger partial charge in [-0.05, 0) is 18.1 Å². The number of aromatic nitrogens is 2. The van der Waals surface area contributed by atoms with Gasteiger partial charge in [-0.15, -0.1) is 0 Å². The number of aryl methyl sites for hydroxylation is 1. The summed E-state index contributed by atoms with van der Waals surface area (Å²) in [6.07, 6.45) is 3.23. The third-order valence-corrected chi connectivity index (χ3v) is 3.18. The first kappa shape index (κ1) is 14.1. The molecule has 1 N–H and O–H groups in total. The molecule has 4 heteroatoms. The Balaban J connectivity index is 2.58. The van der Waals surface area contributed by atoms with Gasteiger partial charge in [0.1, 0.15) is 0 Å². The number of hydrogen-bond donors (Lipinski definition) is 1. The molecule has 0 saturated heterocycles. The summed E-state index contributed by atoms with van der Waals surface area (Å²) >= 11 is 0. The summed E-state index contributed by atoms with van der Waals surface area (Å²) in [5.41, 5.74) is 1.33. The Morgan fingerprint density at radius 1 is 1.25 bits per heavy atom. The Kier molecular flexibility index (Phi) is 4.35. The molecule has 0 amide bonds. The average molecular weight is 270 g/mol. The number of aromatic amines is 1. The molecule has 0 aliphatic heterocycles. The molecule has 0 fully saturated rings. The molecule has 0 radical (unpaired) electrons. The highest BCUT2D eigenvalue weighted by atomic mass is 16.2. The largest absolute Gasteiger partial charge is 0.319 e. The van der Waals surface area contributed by atoms with Crippen molar-refractivity contribution in [1.82, 2.24) is 9.55 Å². The van der Waals surface area contributed by atoms with E-state index in [9.17, 15) is 9.59 Å². The Morgan fingerprint density at radius 3 is 2.55 bits per heavy atom. The number of H-pyrrole nitrogens is 1. The van der Waals surface area contributed by atoms with Crippen LogP contribution in [0.2, 0.25) is 0 Å². The zero-order valence-electron chi connectivity index (χ0n) is 11.6. The smallest absolute Gasteiger partial charge is 0.317 e. The topological polar surface area (TPSA) is 54.9 Å². The van der Waals surface area contributed by atoms with Crippen LogP contribution in [0.25, 0.3) is 6.08 Å². The summed E-state index contributed by atoms with van der Waals surface area (Å²) in [6, 6.07) is 9.60. The summed E-state index contributed by atoms with van der Waals surface area (Å²) in [6.45, 7) is 6.17. The van der Waals surface area contributed by atoms with Gasteiger partial charge in [0.25, 0.3) is 0 Å². The summed E-state index contributed by atoms with van der Waals surface area (Å²) in [7, 11) is 0. The summed E-state index contributed by atoms with van der Waals surface area (Å²) in [4.78, 5) is 26.5. The van der Waals surface area contributed by atoms with Crippen molar-refractivity contribution in [3.05, 3.63) is 74.6 Å². The van der Waals surface area contributed by atoms with Crippen LogP contribution >= 0.6 is 0 Å². The average Bonchev–Trinajstić information content (AvgIpc) is 2.46. The molecule has 1 aromatic carbocycles. The zero-order chi connectivity index (χ0) is 14.5. The lowest BCUT2D eigenvalue weighted by Crippen LogP contribution is -2.39. The molecule has 0 spiro atoms. The molecule has 0 aliphatic carbocycles. The standard InChI is InChI=1S/C16H18N2O2/c1-3-8-13-14(4-2)18(16(20)15(19)17-13)11-12-9-6-5-7-10-12/h4-7,9-10H,2-3,8,11H2,1H3,(H,17,19). The Morgan fingerprint density at radius 2 is 1.95 bits per heavy atom. The second-order valence-electron chi connectivity index (χ2n) is 4.65. The van der Waals surface area contributed by atoms with Crippen LogP contribution < -0.4 is 11.1 Å². The van der Waals surface area contributed by atoms with Crippen molar-refractivity contribution < 1.29 is 0 Å². The van der Waals surface area contributed by atoms with Crippen LogP contribution in [0.15, 0.2) is 46.5 Å². The fourth-order valence-electron chi connectivity index (χ4n) is 2.25. The SMILES string of the molecule is C=Cc1c(CCC)[nH]c(=O)c(=O)n1Cc1ccccc1. The molecule has 0 atom stereocenters. The van der Waals surface area contributed by atoms with E-state index in [1.165, 1.54) is 4.57 Å². The summed E-state index contributed by atoms with van der Waals surface area (Å²) in [5, 5.41) is 0. The monoisotopic (exact) mass is 270 g/mol. The maximum Gasteiger partial charge on any atom is 0.317 e. The molecule has 104 valence electrons. The van der Waals surface area contributed by atoms with Crippen LogP contribution in [-0.2, 0) is 13.0 Å². The van der Waals surface area contributed by atoms with Crippen LogP contribution in [0, 0.1) is 0 Å². The molecule has 4 nitrogen and oxygen atoms in total. The van der Waals surface area contributed by atoms with E-state index in [1.54, 1.807) is 6.08 Å². The molecule has 1 heterocycles. The second kappa shape index (κ2) is 6.19. The van der Waals surface area contributed by atoms with Crippen molar-refractivity contribution in [3.63, 3.8) is 0 Å².